The zero-order valence-electron chi connectivity index (χ0n) is 8.66. The third kappa shape index (κ3) is 4.14. The standard InChI is InChI=1S/C8H8FN3O3S2/c1-5-6(4-11-12-10)2-7(16)3-8(5)15-17(9,13)14/h2-3,16H,4H2,1H3. The Morgan fingerprint density at radius 3 is 2.76 bits per heavy atom. The molecule has 0 saturated carbocycles. The lowest BCUT2D eigenvalue weighted by atomic mass is 10.1. The average Bonchev–Trinajstić information content (AvgIpc) is 2.18. The highest BCUT2D eigenvalue weighted by molar-refractivity contribution is 7.81. The minimum Gasteiger partial charge on any atom is -0.358 e. The fraction of sp³-hybridized carbons (Fsp3) is 0.250. The largest absolute Gasteiger partial charge is 0.488 e. The Bertz CT molecular complexity index is 582. The van der Waals surface area contributed by atoms with Crippen LogP contribution in [0.25, 0.3) is 10.4 Å². The lowest BCUT2D eigenvalue weighted by Gasteiger charge is -2.09. The van der Waals surface area contributed by atoms with E-state index in [0.29, 0.717) is 16.0 Å². The lowest BCUT2D eigenvalue weighted by molar-refractivity contribution is 0.438. The van der Waals surface area contributed by atoms with Crippen LogP contribution < -0.4 is 4.18 Å². The summed E-state index contributed by atoms with van der Waals surface area (Å²) in [5.41, 5.74) is 9.08. The molecule has 0 bridgehead atoms. The molecule has 1 aromatic carbocycles. The first-order valence-electron chi connectivity index (χ1n) is 4.31. The molecular formula is C8H8FN3O3S2. The second kappa shape index (κ2) is 5.26. The van der Waals surface area contributed by atoms with E-state index in [1.165, 1.54) is 13.0 Å². The van der Waals surface area contributed by atoms with Gasteiger partial charge < -0.3 is 4.18 Å². The molecule has 0 saturated heterocycles. The summed E-state index contributed by atoms with van der Waals surface area (Å²) in [5, 5.41) is 3.33. The number of hydrogen-bond donors (Lipinski definition) is 1. The van der Waals surface area contributed by atoms with Crippen LogP contribution >= 0.6 is 12.6 Å². The fourth-order valence-electron chi connectivity index (χ4n) is 1.20. The smallest absolute Gasteiger partial charge is 0.358 e. The molecule has 92 valence electrons. The molecule has 0 fully saturated rings. The highest BCUT2D eigenvalue weighted by Crippen LogP contribution is 2.28. The molecule has 0 aliphatic rings. The Balaban J connectivity index is 3.22. The van der Waals surface area contributed by atoms with E-state index < -0.39 is 10.5 Å². The van der Waals surface area contributed by atoms with Crippen LogP contribution in [0.5, 0.6) is 5.75 Å². The lowest BCUT2D eigenvalue weighted by Crippen LogP contribution is -2.04. The van der Waals surface area contributed by atoms with E-state index in [9.17, 15) is 12.3 Å². The van der Waals surface area contributed by atoms with Crippen molar-refractivity contribution in [3.05, 3.63) is 33.7 Å². The van der Waals surface area contributed by atoms with Crippen molar-refractivity contribution in [2.45, 2.75) is 18.4 Å². The molecule has 0 unspecified atom stereocenters. The Labute approximate surface area is 103 Å². The molecular weight excluding hydrogens is 269 g/mol. The van der Waals surface area contributed by atoms with Crippen molar-refractivity contribution in [3.63, 3.8) is 0 Å². The highest BCUT2D eigenvalue weighted by atomic mass is 32.3. The Morgan fingerprint density at radius 2 is 2.24 bits per heavy atom. The molecule has 0 spiro atoms. The molecule has 1 rings (SSSR count). The quantitative estimate of drug-likeness (QED) is 0.301. The maximum Gasteiger partial charge on any atom is 0.488 e. The van der Waals surface area contributed by atoms with Gasteiger partial charge in [-0.3, -0.25) is 0 Å². The predicted octanol–water partition coefficient (Wildman–Crippen LogP) is 2.69. The zero-order chi connectivity index (χ0) is 13.1. The Hall–Kier alpha value is -1.44. The van der Waals surface area contributed by atoms with Gasteiger partial charge in [-0.15, -0.1) is 12.6 Å². The van der Waals surface area contributed by atoms with Crippen molar-refractivity contribution in [1.82, 2.24) is 0 Å². The third-order valence-corrected chi connectivity index (χ3v) is 2.58. The van der Waals surface area contributed by atoms with Crippen molar-refractivity contribution in [3.8, 4) is 5.75 Å². The van der Waals surface area contributed by atoms with Crippen LogP contribution in [0.3, 0.4) is 0 Å². The van der Waals surface area contributed by atoms with Gasteiger partial charge in [-0.1, -0.05) is 9.00 Å². The number of nitrogens with zero attached hydrogens (tertiary/aromatic N) is 3. The van der Waals surface area contributed by atoms with Gasteiger partial charge in [-0.05, 0) is 35.7 Å². The first-order valence-corrected chi connectivity index (χ1v) is 6.06. The summed E-state index contributed by atoms with van der Waals surface area (Å²) in [7, 11) is -5.09. The molecule has 0 N–H and O–H groups in total. The Kier molecular flexibility index (Phi) is 4.22. The Morgan fingerprint density at radius 1 is 1.59 bits per heavy atom. The number of rotatable bonds is 4. The van der Waals surface area contributed by atoms with Gasteiger partial charge in [0.05, 0.1) is 6.54 Å². The number of hydrogen-bond acceptors (Lipinski definition) is 5. The molecule has 0 heterocycles. The summed E-state index contributed by atoms with van der Waals surface area (Å²) in [6, 6.07) is 2.83. The normalized spacial score (nSPS) is 10.8. The summed E-state index contributed by atoms with van der Waals surface area (Å²) in [6.07, 6.45) is 0. The molecule has 1 aromatic rings. The predicted molar refractivity (Wildman–Crippen MR) is 61.9 cm³/mol. The minimum absolute atomic E-state index is 0.000569. The van der Waals surface area contributed by atoms with Crippen molar-refractivity contribution in [2.75, 3.05) is 0 Å². The van der Waals surface area contributed by atoms with E-state index in [-0.39, 0.29) is 12.3 Å². The van der Waals surface area contributed by atoms with Gasteiger partial charge in [-0.25, -0.2) is 0 Å². The van der Waals surface area contributed by atoms with Gasteiger partial charge in [0.25, 0.3) is 0 Å². The number of azide groups is 1. The summed E-state index contributed by atoms with van der Waals surface area (Å²) >= 11 is 4.01. The van der Waals surface area contributed by atoms with Crippen molar-refractivity contribution < 1.29 is 16.5 Å². The second-order valence-electron chi connectivity index (χ2n) is 3.09. The van der Waals surface area contributed by atoms with E-state index in [1.807, 2.05) is 0 Å². The summed E-state index contributed by atoms with van der Waals surface area (Å²) in [5.74, 6) is -0.178. The molecule has 0 radical (unpaired) electrons. The molecule has 0 atom stereocenters. The summed E-state index contributed by atoms with van der Waals surface area (Å²) < 4.78 is 37.4. The van der Waals surface area contributed by atoms with Crippen LogP contribution in [0.4, 0.5) is 3.89 Å². The molecule has 0 aromatic heterocycles. The van der Waals surface area contributed by atoms with Crippen molar-refractivity contribution in [1.29, 1.82) is 0 Å². The molecule has 0 amide bonds. The van der Waals surface area contributed by atoms with E-state index in [1.54, 1.807) is 6.07 Å². The van der Waals surface area contributed by atoms with Crippen LogP contribution in [0.15, 0.2) is 22.1 Å². The molecule has 0 aliphatic carbocycles. The number of benzene rings is 1. The monoisotopic (exact) mass is 277 g/mol. The van der Waals surface area contributed by atoms with Crippen molar-refractivity contribution in [2.24, 2.45) is 5.11 Å². The maximum absolute atomic E-state index is 12.4. The van der Waals surface area contributed by atoms with E-state index >= 15 is 0 Å². The molecule has 0 aliphatic heterocycles. The molecule has 6 nitrogen and oxygen atoms in total. The summed E-state index contributed by atoms with van der Waals surface area (Å²) in [4.78, 5) is 2.95. The highest BCUT2D eigenvalue weighted by Gasteiger charge is 2.14. The van der Waals surface area contributed by atoms with Gasteiger partial charge in [0.15, 0.2) is 0 Å². The SMILES string of the molecule is Cc1c(CN=[N+]=[N-])cc(S)cc1OS(=O)(=O)F. The third-order valence-electron chi connectivity index (χ3n) is 1.95. The van der Waals surface area contributed by atoms with E-state index in [4.69, 9.17) is 5.53 Å². The van der Waals surface area contributed by atoms with Crippen LogP contribution in [0.1, 0.15) is 11.1 Å². The summed E-state index contributed by atoms with van der Waals surface area (Å²) in [6.45, 7) is 1.52. The van der Waals surface area contributed by atoms with Gasteiger partial charge >= 0.3 is 10.5 Å². The van der Waals surface area contributed by atoms with Crippen molar-refractivity contribution >= 4 is 23.1 Å². The first-order chi connectivity index (χ1) is 7.83. The number of thiol groups is 1. The maximum atomic E-state index is 12.4. The first kappa shape index (κ1) is 13.6. The average molecular weight is 277 g/mol. The number of halogens is 1. The zero-order valence-corrected chi connectivity index (χ0v) is 10.4. The molecule has 9 heteroatoms. The second-order valence-corrected chi connectivity index (χ2v) is 4.56. The van der Waals surface area contributed by atoms with Gasteiger partial charge in [0.2, 0.25) is 0 Å². The van der Waals surface area contributed by atoms with Crippen LogP contribution in [0, 0.1) is 6.92 Å². The van der Waals surface area contributed by atoms with Crippen LogP contribution in [0.2, 0.25) is 0 Å². The fourth-order valence-corrected chi connectivity index (χ4v) is 1.86. The molecule has 17 heavy (non-hydrogen) atoms. The minimum atomic E-state index is -5.09. The topological polar surface area (TPSA) is 92.1 Å². The van der Waals surface area contributed by atoms with Gasteiger partial charge in [-0.2, -0.15) is 8.42 Å². The van der Waals surface area contributed by atoms with E-state index in [2.05, 4.69) is 26.8 Å². The van der Waals surface area contributed by atoms with E-state index in [0.717, 1.165) is 0 Å². The van der Waals surface area contributed by atoms with Gasteiger partial charge in [0.1, 0.15) is 5.75 Å². The van der Waals surface area contributed by atoms with Gasteiger partial charge in [0, 0.05) is 9.81 Å². The van der Waals surface area contributed by atoms with Crippen LogP contribution in [-0.2, 0) is 17.0 Å². The van der Waals surface area contributed by atoms with Crippen LogP contribution in [-0.4, -0.2) is 8.42 Å².